The third kappa shape index (κ3) is 49.6. The molecule has 0 saturated heterocycles. The highest BCUT2D eigenvalue weighted by Gasteiger charge is 2.30. The maximum absolute atomic E-state index is 12.9. The van der Waals surface area contributed by atoms with Gasteiger partial charge in [0.25, 0.3) is 0 Å². The van der Waals surface area contributed by atoms with E-state index in [9.17, 15) is 43.2 Å². The summed E-state index contributed by atoms with van der Waals surface area (Å²) < 4.78 is 67.3. The number of aliphatic hydroxyl groups is 1. The van der Waals surface area contributed by atoms with E-state index in [0.29, 0.717) is 25.7 Å². The summed E-state index contributed by atoms with van der Waals surface area (Å²) in [5.41, 5.74) is 0. The molecule has 438 valence electrons. The molecule has 0 bridgehead atoms. The number of carbonyl (C=O) groups is 4. The minimum atomic E-state index is -4.93. The highest BCUT2D eigenvalue weighted by atomic mass is 31.2. The topological polar surface area (TPSA) is 237 Å². The van der Waals surface area contributed by atoms with E-state index in [1.54, 1.807) is 0 Å². The fraction of sp³-hybridized carbons (Fsp3) is 0.927. The van der Waals surface area contributed by atoms with Crippen molar-refractivity contribution in [2.75, 3.05) is 39.6 Å². The van der Waals surface area contributed by atoms with Crippen LogP contribution in [-0.4, -0.2) is 96.7 Å². The number of phosphoric ester groups is 2. The van der Waals surface area contributed by atoms with Gasteiger partial charge in [-0.15, -0.1) is 0 Å². The largest absolute Gasteiger partial charge is 0.472 e. The molecule has 2 unspecified atom stereocenters. The smallest absolute Gasteiger partial charge is 0.462 e. The van der Waals surface area contributed by atoms with Gasteiger partial charge in [-0.3, -0.25) is 37.3 Å². The average molecular weight is 1100 g/mol. The summed E-state index contributed by atoms with van der Waals surface area (Å²) >= 11 is 0. The van der Waals surface area contributed by atoms with Crippen LogP contribution in [-0.2, 0) is 65.4 Å². The molecule has 0 saturated carbocycles. The van der Waals surface area contributed by atoms with Crippen LogP contribution in [0.4, 0.5) is 0 Å². The molecule has 0 aromatic heterocycles. The summed E-state index contributed by atoms with van der Waals surface area (Å²) in [7, 11) is -9.85. The second-order valence-electron chi connectivity index (χ2n) is 20.0. The van der Waals surface area contributed by atoms with Gasteiger partial charge >= 0.3 is 39.5 Å². The van der Waals surface area contributed by atoms with Crippen molar-refractivity contribution in [3.05, 3.63) is 0 Å². The Labute approximate surface area is 447 Å². The third-order valence-corrected chi connectivity index (χ3v) is 14.5. The van der Waals surface area contributed by atoms with Crippen molar-refractivity contribution in [3.8, 4) is 0 Å². The van der Waals surface area contributed by atoms with E-state index in [0.717, 1.165) is 116 Å². The Bertz CT molecular complexity index is 1450. The average Bonchev–Trinajstić information content (AvgIpc) is 3.37. The third-order valence-electron chi connectivity index (χ3n) is 12.6. The number of phosphoric acid groups is 2. The van der Waals surface area contributed by atoms with Gasteiger partial charge < -0.3 is 33.8 Å². The van der Waals surface area contributed by atoms with Crippen LogP contribution in [0.3, 0.4) is 0 Å². The second kappa shape index (κ2) is 50.6. The van der Waals surface area contributed by atoms with Gasteiger partial charge in [-0.2, -0.15) is 0 Å². The zero-order chi connectivity index (χ0) is 54.8. The number of hydrogen-bond donors (Lipinski definition) is 3. The van der Waals surface area contributed by atoms with E-state index in [2.05, 4.69) is 27.7 Å². The molecule has 0 radical (unpaired) electrons. The number of unbranched alkanes of at least 4 members (excludes halogenated alkanes) is 30. The lowest BCUT2D eigenvalue weighted by Gasteiger charge is -2.21. The molecule has 0 spiro atoms. The second-order valence-corrected chi connectivity index (χ2v) is 22.9. The van der Waals surface area contributed by atoms with Crippen LogP contribution in [0.2, 0.25) is 0 Å². The first kappa shape index (κ1) is 72.1. The summed E-state index contributed by atoms with van der Waals surface area (Å²) in [6.07, 6.45) is 32.6. The van der Waals surface area contributed by atoms with Gasteiger partial charge in [-0.05, 0) is 25.7 Å². The first-order chi connectivity index (χ1) is 35.7. The summed E-state index contributed by atoms with van der Waals surface area (Å²) in [5.74, 6) is -2.16. The van der Waals surface area contributed by atoms with Gasteiger partial charge in [0.15, 0.2) is 12.2 Å². The number of rotatable bonds is 56. The summed E-state index contributed by atoms with van der Waals surface area (Å²) in [6, 6.07) is 0. The quantitative estimate of drug-likeness (QED) is 0.0222. The predicted molar refractivity (Wildman–Crippen MR) is 289 cm³/mol. The van der Waals surface area contributed by atoms with Crippen LogP contribution in [0.5, 0.6) is 0 Å². The van der Waals surface area contributed by atoms with Crippen molar-refractivity contribution < 1.29 is 80.2 Å². The molecular formula is C55H106O17P2. The van der Waals surface area contributed by atoms with Crippen LogP contribution >= 0.6 is 15.6 Å². The molecule has 0 aromatic rings. The van der Waals surface area contributed by atoms with Crippen LogP contribution in [0, 0.1) is 0 Å². The first-order valence-electron chi connectivity index (χ1n) is 29.3. The molecule has 5 atom stereocenters. The Morgan fingerprint density at radius 2 is 0.541 bits per heavy atom. The Kier molecular flexibility index (Phi) is 49.2. The standard InChI is InChI=1S/C55H106O17P2/c1-5-9-13-17-20-22-23-24-25-26-27-30-34-38-42-55(60)72-51(46-66-53(58)40-36-32-29-21-18-14-10-6-2)48-70-74(63,64)68-44-49(56)43-67-73(61,62)69-47-50(45-65-52(57)39-35-31-16-12-8-4)71-54(59)41-37-33-28-19-15-11-7-3/h49-51,56H,5-48H2,1-4H3,(H,61,62)(H,63,64)/t49-,50+,51+/m0/s1. The minimum Gasteiger partial charge on any atom is -0.462 e. The zero-order valence-corrected chi connectivity index (χ0v) is 48.6. The molecule has 0 aromatic carbocycles. The van der Waals surface area contributed by atoms with Gasteiger partial charge in [-0.1, -0.05) is 220 Å². The lowest BCUT2D eigenvalue weighted by molar-refractivity contribution is -0.161. The van der Waals surface area contributed by atoms with Gasteiger partial charge in [0.2, 0.25) is 0 Å². The van der Waals surface area contributed by atoms with Crippen molar-refractivity contribution >= 4 is 39.5 Å². The molecule has 74 heavy (non-hydrogen) atoms. The predicted octanol–water partition coefficient (Wildman–Crippen LogP) is 14.4. The minimum absolute atomic E-state index is 0.103. The first-order valence-corrected chi connectivity index (χ1v) is 32.3. The summed E-state index contributed by atoms with van der Waals surface area (Å²) in [6.45, 7) is 4.67. The lowest BCUT2D eigenvalue weighted by atomic mass is 10.0. The molecule has 0 fully saturated rings. The van der Waals surface area contributed by atoms with Crippen molar-refractivity contribution in [1.82, 2.24) is 0 Å². The molecule has 0 heterocycles. The van der Waals surface area contributed by atoms with Crippen LogP contribution in [0.1, 0.15) is 272 Å². The molecule has 0 aliphatic heterocycles. The van der Waals surface area contributed by atoms with E-state index in [4.69, 9.17) is 37.0 Å². The fourth-order valence-corrected chi connectivity index (χ4v) is 9.62. The van der Waals surface area contributed by atoms with E-state index in [1.165, 1.54) is 77.0 Å². The molecule has 0 aliphatic carbocycles. The van der Waals surface area contributed by atoms with Crippen molar-refractivity contribution in [3.63, 3.8) is 0 Å². The van der Waals surface area contributed by atoms with Crippen molar-refractivity contribution in [2.24, 2.45) is 0 Å². The van der Waals surface area contributed by atoms with E-state index >= 15 is 0 Å². The Hall–Kier alpha value is -1.94. The van der Waals surface area contributed by atoms with Crippen LogP contribution in [0.25, 0.3) is 0 Å². The zero-order valence-electron chi connectivity index (χ0n) is 46.8. The summed E-state index contributed by atoms with van der Waals surface area (Å²) in [4.78, 5) is 71.3. The Morgan fingerprint density at radius 1 is 0.324 bits per heavy atom. The molecule has 17 nitrogen and oxygen atoms in total. The van der Waals surface area contributed by atoms with Gasteiger partial charge in [0.1, 0.15) is 19.3 Å². The normalized spacial score (nSPS) is 14.4. The number of ether oxygens (including phenoxy) is 4. The molecule has 0 aliphatic rings. The van der Waals surface area contributed by atoms with Gasteiger partial charge in [-0.25, -0.2) is 9.13 Å². The van der Waals surface area contributed by atoms with E-state index in [1.807, 2.05) is 0 Å². The number of esters is 4. The van der Waals surface area contributed by atoms with Crippen LogP contribution in [0.15, 0.2) is 0 Å². The highest BCUT2D eigenvalue weighted by molar-refractivity contribution is 7.47. The lowest BCUT2D eigenvalue weighted by Crippen LogP contribution is -2.30. The van der Waals surface area contributed by atoms with Crippen LogP contribution < -0.4 is 0 Å². The van der Waals surface area contributed by atoms with Gasteiger partial charge in [0.05, 0.1) is 26.4 Å². The molecule has 3 N–H and O–H groups in total. The maximum Gasteiger partial charge on any atom is 0.472 e. The van der Waals surface area contributed by atoms with Gasteiger partial charge in [0, 0.05) is 25.7 Å². The van der Waals surface area contributed by atoms with E-state index in [-0.39, 0.29) is 25.7 Å². The van der Waals surface area contributed by atoms with E-state index < -0.39 is 97.5 Å². The Morgan fingerprint density at radius 3 is 0.797 bits per heavy atom. The number of hydrogen-bond acceptors (Lipinski definition) is 15. The number of carbonyl (C=O) groups excluding carboxylic acids is 4. The fourth-order valence-electron chi connectivity index (χ4n) is 8.04. The molecule has 0 amide bonds. The molecule has 19 heteroatoms. The van der Waals surface area contributed by atoms with Crippen molar-refractivity contribution in [1.29, 1.82) is 0 Å². The molecule has 0 rings (SSSR count). The monoisotopic (exact) mass is 1100 g/mol. The SMILES string of the molecule is CCCCCCCCCCCCCCCCC(=O)O[C@H](COC(=O)CCCCCCCCCC)COP(=O)(O)OC[C@@H](O)COP(=O)(O)OC[C@@H](COC(=O)CCCCCCC)OC(=O)CCCCCCCCC. The Balaban J connectivity index is 5.13. The highest BCUT2D eigenvalue weighted by Crippen LogP contribution is 2.45. The molecular weight excluding hydrogens is 995 g/mol. The van der Waals surface area contributed by atoms with Crippen molar-refractivity contribution in [2.45, 2.75) is 290 Å². The summed E-state index contributed by atoms with van der Waals surface area (Å²) in [5, 5.41) is 10.4. The number of aliphatic hydroxyl groups excluding tert-OH is 1. The maximum atomic E-state index is 12.9.